The quantitative estimate of drug-likeness (QED) is 0.831. The predicted octanol–water partition coefficient (Wildman–Crippen LogP) is 2.65. The summed E-state index contributed by atoms with van der Waals surface area (Å²) in [6, 6.07) is 11.3. The van der Waals surface area contributed by atoms with E-state index in [-0.39, 0.29) is 18.3 Å². The highest BCUT2D eigenvalue weighted by molar-refractivity contribution is 5.95. The highest BCUT2D eigenvalue weighted by Crippen LogP contribution is 2.11. The van der Waals surface area contributed by atoms with Crippen molar-refractivity contribution in [2.75, 3.05) is 5.73 Å². The van der Waals surface area contributed by atoms with Crippen molar-refractivity contribution in [2.45, 2.75) is 13.5 Å². The van der Waals surface area contributed by atoms with Crippen LogP contribution in [0.25, 0.3) is 0 Å². The summed E-state index contributed by atoms with van der Waals surface area (Å²) < 4.78 is 13.0. The van der Waals surface area contributed by atoms with Crippen LogP contribution in [0.15, 0.2) is 42.5 Å². The third kappa shape index (κ3) is 3.55. The van der Waals surface area contributed by atoms with Gasteiger partial charge in [0.2, 0.25) is 0 Å². The number of anilines is 1. The van der Waals surface area contributed by atoms with Crippen LogP contribution in [0.2, 0.25) is 0 Å². The minimum atomic E-state index is -0.313. The number of aryl methyl sites for hydroxylation is 1. The molecule has 3 N–H and O–H groups in total. The molecule has 2 aromatic rings. The van der Waals surface area contributed by atoms with Crippen LogP contribution in [-0.4, -0.2) is 5.91 Å². The van der Waals surface area contributed by atoms with E-state index in [2.05, 4.69) is 5.32 Å². The summed E-state index contributed by atoms with van der Waals surface area (Å²) in [5, 5.41) is 2.74. The van der Waals surface area contributed by atoms with Crippen LogP contribution < -0.4 is 11.1 Å². The van der Waals surface area contributed by atoms with Gasteiger partial charge in [-0.1, -0.05) is 12.1 Å². The van der Waals surface area contributed by atoms with E-state index in [0.717, 1.165) is 5.56 Å². The third-order valence-electron chi connectivity index (χ3n) is 2.70. The molecule has 0 saturated carbocycles. The predicted molar refractivity (Wildman–Crippen MR) is 73.2 cm³/mol. The van der Waals surface area contributed by atoms with Crippen LogP contribution in [0.1, 0.15) is 21.5 Å². The zero-order valence-corrected chi connectivity index (χ0v) is 10.6. The van der Waals surface area contributed by atoms with Crippen molar-refractivity contribution in [1.82, 2.24) is 5.32 Å². The Balaban J connectivity index is 2.05. The fraction of sp³-hybridized carbons (Fsp3) is 0.133. The molecule has 2 aromatic carbocycles. The van der Waals surface area contributed by atoms with Gasteiger partial charge in [-0.15, -0.1) is 0 Å². The normalized spacial score (nSPS) is 10.2. The highest BCUT2D eigenvalue weighted by Gasteiger charge is 2.06. The van der Waals surface area contributed by atoms with Gasteiger partial charge in [0.05, 0.1) is 0 Å². The molecular formula is C15H15FN2O. The number of halogens is 1. The van der Waals surface area contributed by atoms with Crippen LogP contribution >= 0.6 is 0 Å². The Morgan fingerprint density at radius 2 is 2.05 bits per heavy atom. The maximum atomic E-state index is 13.0. The number of carbonyl (C=O) groups is 1. The SMILES string of the molecule is Cc1cc(N)cc(C(=O)NCc2cccc(F)c2)c1. The van der Waals surface area contributed by atoms with E-state index in [1.165, 1.54) is 12.1 Å². The van der Waals surface area contributed by atoms with Crippen LogP contribution in [0.5, 0.6) is 0 Å². The van der Waals surface area contributed by atoms with Gasteiger partial charge in [-0.05, 0) is 48.4 Å². The van der Waals surface area contributed by atoms with Gasteiger partial charge in [-0.2, -0.15) is 0 Å². The number of nitrogens with two attached hydrogens (primary N) is 1. The van der Waals surface area contributed by atoms with Crippen LogP contribution in [0.4, 0.5) is 10.1 Å². The molecule has 0 spiro atoms. The van der Waals surface area contributed by atoms with Crippen molar-refractivity contribution in [1.29, 1.82) is 0 Å². The molecule has 98 valence electrons. The fourth-order valence-electron chi connectivity index (χ4n) is 1.88. The molecule has 3 nitrogen and oxygen atoms in total. The fourth-order valence-corrected chi connectivity index (χ4v) is 1.88. The number of amides is 1. The first-order chi connectivity index (χ1) is 9.04. The van der Waals surface area contributed by atoms with Crippen LogP contribution in [0, 0.1) is 12.7 Å². The Bertz CT molecular complexity index is 591. The first-order valence-electron chi connectivity index (χ1n) is 5.94. The van der Waals surface area contributed by atoms with E-state index in [0.29, 0.717) is 16.8 Å². The summed E-state index contributed by atoms with van der Waals surface area (Å²) in [6.45, 7) is 2.16. The lowest BCUT2D eigenvalue weighted by Crippen LogP contribution is -2.23. The number of nitrogens with one attached hydrogen (secondary N) is 1. The molecule has 0 saturated heterocycles. The average Bonchev–Trinajstić information content (AvgIpc) is 2.35. The number of nitrogen functional groups attached to an aromatic ring is 1. The first kappa shape index (κ1) is 13.1. The van der Waals surface area contributed by atoms with E-state index >= 15 is 0 Å². The Morgan fingerprint density at radius 3 is 2.74 bits per heavy atom. The second-order valence-corrected chi connectivity index (χ2v) is 4.44. The van der Waals surface area contributed by atoms with Gasteiger partial charge in [0.1, 0.15) is 5.82 Å². The highest BCUT2D eigenvalue weighted by atomic mass is 19.1. The number of hydrogen-bond acceptors (Lipinski definition) is 2. The Hall–Kier alpha value is -2.36. The number of carbonyl (C=O) groups excluding carboxylic acids is 1. The summed E-state index contributed by atoms with van der Waals surface area (Å²) >= 11 is 0. The average molecular weight is 258 g/mol. The summed E-state index contributed by atoms with van der Waals surface area (Å²) in [5.74, 6) is -0.536. The van der Waals surface area contributed by atoms with Crippen molar-refractivity contribution in [2.24, 2.45) is 0 Å². The van der Waals surface area contributed by atoms with Gasteiger partial charge in [-0.3, -0.25) is 4.79 Å². The molecule has 0 bridgehead atoms. The van der Waals surface area contributed by atoms with Crippen molar-refractivity contribution in [3.05, 3.63) is 65.0 Å². The maximum Gasteiger partial charge on any atom is 0.251 e. The van der Waals surface area contributed by atoms with Gasteiger partial charge in [0.25, 0.3) is 5.91 Å². The zero-order valence-electron chi connectivity index (χ0n) is 10.6. The summed E-state index contributed by atoms with van der Waals surface area (Å²) in [5.41, 5.74) is 8.40. The maximum absolute atomic E-state index is 13.0. The molecule has 0 radical (unpaired) electrons. The Morgan fingerprint density at radius 1 is 1.26 bits per heavy atom. The van der Waals surface area contributed by atoms with E-state index in [1.54, 1.807) is 30.3 Å². The first-order valence-corrected chi connectivity index (χ1v) is 5.94. The van der Waals surface area contributed by atoms with Crippen molar-refractivity contribution >= 4 is 11.6 Å². The molecule has 0 heterocycles. The molecule has 0 aliphatic carbocycles. The topological polar surface area (TPSA) is 55.1 Å². The van der Waals surface area contributed by atoms with Gasteiger partial charge in [0.15, 0.2) is 0 Å². The lowest BCUT2D eigenvalue weighted by atomic mass is 10.1. The van der Waals surface area contributed by atoms with E-state index in [1.807, 2.05) is 6.92 Å². The Labute approximate surface area is 111 Å². The summed E-state index contributed by atoms with van der Waals surface area (Å²) in [7, 11) is 0. The lowest BCUT2D eigenvalue weighted by molar-refractivity contribution is 0.0951. The second kappa shape index (κ2) is 5.52. The second-order valence-electron chi connectivity index (χ2n) is 4.44. The summed E-state index contributed by atoms with van der Waals surface area (Å²) in [6.07, 6.45) is 0. The monoisotopic (exact) mass is 258 g/mol. The molecule has 0 aliphatic rings. The Kier molecular flexibility index (Phi) is 3.80. The smallest absolute Gasteiger partial charge is 0.251 e. The molecule has 0 unspecified atom stereocenters. The van der Waals surface area contributed by atoms with E-state index in [4.69, 9.17) is 5.73 Å². The number of rotatable bonds is 3. The van der Waals surface area contributed by atoms with E-state index < -0.39 is 0 Å². The molecule has 0 fully saturated rings. The molecule has 2 rings (SSSR count). The minimum Gasteiger partial charge on any atom is -0.399 e. The summed E-state index contributed by atoms with van der Waals surface area (Å²) in [4.78, 5) is 11.9. The van der Waals surface area contributed by atoms with Crippen LogP contribution in [0.3, 0.4) is 0 Å². The molecule has 0 atom stereocenters. The van der Waals surface area contributed by atoms with Crippen LogP contribution in [-0.2, 0) is 6.54 Å². The van der Waals surface area contributed by atoms with Gasteiger partial charge < -0.3 is 11.1 Å². The minimum absolute atomic E-state index is 0.223. The number of hydrogen-bond donors (Lipinski definition) is 2. The van der Waals surface area contributed by atoms with Crippen molar-refractivity contribution in [3.8, 4) is 0 Å². The zero-order chi connectivity index (χ0) is 13.8. The lowest BCUT2D eigenvalue weighted by Gasteiger charge is -2.07. The molecule has 0 aromatic heterocycles. The largest absolute Gasteiger partial charge is 0.399 e. The van der Waals surface area contributed by atoms with Crippen molar-refractivity contribution in [3.63, 3.8) is 0 Å². The van der Waals surface area contributed by atoms with Gasteiger partial charge >= 0.3 is 0 Å². The molecule has 4 heteroatoms. The molecular weight excluding hydrogens is 243 g/mol. The molecule has 1 amide bonds. The molecule has 19 heavy (non-hydrogen) atoms. The van der Waals surface area contributed by atoms with Crippen molar-refractivity contribution < 1.29 is 9.18 Å². The number of benzene rings is 2. The standard InChI is InChI=1S/C15H15FN2O/c1-10-5-12(8-14(17)6-10)15(19)18-9-11-3-2-4-13(16)7-11/h2-8H,9,17H2,1H3,(H,18,19). The van der Waals surface area contributed by atoms with Gasteiger partial charge in [0, 0.05) is 17.8 Å². The van der Waals surface area contributed by atoms with E-state index in [9.17, 15) is 9.18 Å². The molecule has 0 aliphatic heterocycles. The third-order valence-corrected chi connectivity index (χ3v) is 2.70. The van der Waals surface area contributed by atoms with Gasteiger partial charge in [-0.25, -0.2) is 4.39 Å².